The van der Waals surface area contributed by atoms with Gasteiger partial charge in [-0.25, -0.2) is 0 Å². The first-order valence-corrected chi connectivity index (χ1v) is 0.408. The van der Waals surface area contributed by atoms with Crippen LogP contribution >= 0.6 is 0 Å². The van der Waals surface area contributed by atoms with E-state index in [1.807, 2.05) is 0 Å². The first-order chi connectivity index (χ1) is 1.41. The molecular formula is CHNaO2. The predicted molar refractivity (Wildman–Crippen MR) is 12.2 cm³/mol. The Bertz CT molecular complexity index is 27.0. The summed E-state index contributed by atoms with van der Waals surface area (Å²) in [5.74, 6) is 0. The monoisotopic (exact) mass is 68.0 g/mol. The maximum atomic E-state index is 8.12. The number of rotatable bonds is 0. The van der Waals surface area contributed by atoms with Crippen LogP contribution in [-0.2, 0) is 9.59 Å². The fraction of sp³-hybridized carbons (Fsp3) is 0. The van der Waals surface area contributed by atoms with Crippen molar-refractivity contribution in [3.05, 3.63) is 0 Å². The molecule has 0 aromatic carbocycles. The van der Waals surface area contributed by atoms with Crippen molar-refractivity contribution in [2.75, 3.05) is 0 Å². The second-order valence-corrected chi connectivity index (χ2v) is 0.0833. The van der Waals surface area contributed by atoms with Gasteiger partial charge in [0.1, 0.15) is 0 Å². The van der Waals surface area contributed by atoms with E-state index in [9.17, 15) is 0 Å². The van der Waals surface area contributed by atoms with Crippen molar-refractivity contribution in [3.63, 3.8) is 0 Å². The Balaban J connectivity index is 0. The molecule has 0 heterocycles. The van der Waals surface area contributed by atoms with Crippen LogP contribution in [0.25, 0.3) is 0 Å². The Hall–Kier alpha value is 0.380. The van der Waals surface area contributed by atoms with Gasteiger partial charge in [-0.05, 0) is 0 Å². The molecule has 18 valence electrons. The zero-order valence-corrected chi connectivity index (χ0v) is 1.32. The predicted octanol–water partition coefficient (Wildman–Crippen LogP) is -1.23. The average molecular weight is 68.0 g/mol. The molecular weight excluding hydrogens is 67.0 g/mol. The first kappa shape index (κ1) is 8.83. The molecule has 0 aromatic rings. The molecule has 0 rings (SSSR count). The normalized spacial score (nSPS) is 2.00. The van der Waals surface area contributed by atoms with Gasteiger partial charge in [0.2, 0.25) is 0 Å². The van der Waals surface area contributed by atoms with Crippen LogP contribution in [0.2, 0.25) is 0 Å². The summed E-state index contributed by atoms with van der Waals surface area (Å²) in [6.07, 6.45) is 0.250. The summed E-state index contributed by atoms with van der Waals surface area (Å²) in [5.41, 5.74) is 0. The van der Waals surface area contributed by atoms with Crippen LogP contribution in [0.3, 0.4) is 0 Å². The van der Waals surface area contributed by atoms with Crippen LogP contribution in [0.1, 0.15) is 0 Å². The molecule has 2 nitrogen and oxygen atoms in total. The van der Waals surface area contributed by atoms with Crippen LogP contribution in [0.15, 0.2) is 0 Å². The minimum atomic E-state index is 0. The van der Waals surface area contributed by atoms with Crippen molar-refractivity contribution in [2.24, 2.45) is 0 Å². The van der Waals surface area contributed by atoms with Gasteiger partial charge >= 0.3 is 35.7 Å². The summed E-state index contributed by atoms with van der Waals surface area (Å²) in [6.45, 7) is 0. The van der Waals surface area contributed by atoms with Crippen molar-refractivity contribution in [2.45, 2.75) is 0 Å². The Morgan fingerprint density at radius 2 is 1.25 bits per heavy atom. The summed E-state index contributed by atoms with van der Waals surface area (Å²) in [6, 6.07) is 0. The fourth-order valence-electron chi connectivity index (χ4n) is 0. The van der Waals surface area contributed by atoms with E-state index < -0.39 is 0 Å². The third-order valence-electron chi connectivity index (χ3n) is 0. The molecule has 0 saturated heterocycles. The third kappa shape index (κ3) is 31.4. The van der Waals surface area contributed by atoms with Crippen LogP contribution in [0, 0.1) is 0 Å². The quantitative estimate of drug-likeness (QED) is 0.333. The first-order valence-electron chi connectivity index (χ1n) is 0.408. The van der Waals surface area contributed by atoms with Crippen LogP contribution in [-0.4, -0.2) is 35.7 Å². The molecule has 3 heteroatoms. The van der Waals surface area contributed by atoms with Crippen LogP contribution < -0.4 is 0 Å². The van der Waals surface area contributed by atoms with Gasteiger partial charge < -0.3 is 0 Å². The Kier molecular flexibility index (Phi) is 22.2. The van der Waals surface area contributed by atoms with E-state index in [1.54, 1.807) is 0 Å². The number of carbonyl (C=O) groups excluding carboxylic acids is 2. The van der Waals surface area contributed by atoms with Crippen molar-refractivity contribution in [1.29, 1.82) is 0 Å². The minimum absolute atomic E-state index is 0. The molecule has 0 saturated carbocycles. The molecule has 0 radical (unpaired) electrons. The van der Waals surface area contributed by atoms with Gasteiger partial charge in [0, 0.05) is 0 Å². The molecule has 0 spiro atoms. The van der Waals surface area contributed by atoms with E-state index in [-0.39, 0.29) is 35.7 Å². The summed E-state index contributed by atoms with van der Waals surface area (Å²) >= 11 is 0. The zero-order valence-electron chi connectivity index (χ0n) is 1.32. The summed E-state index contributed by atoms with van der Waals surface area (Å²) < 4.78 is 0. The number of hydrogen-bond acceptors (Lipinski definition) is 2. The summed E-state index contributed by atoms with van der Waals surface area (Å²) in [4.78, 5) is 16.2. The van der Waals surface area contributed by atoms with Gasteiger partial charge in [-0.15, -0.1) is 0 Å². The Morgan fingerprint density at radius 3 is 1.25 bits per heavy atom. The molecule has 4 heavy (non-hydrogen) atoms. The van der Waals surface area contributed by atoms with Crippen molar-refractivity contribution in [1.82, 2.24) is 0 Å². The van der Waals surface area contributed by atoms with Crippen molar-refractivity contribution >= 4 is 35.7 Å². The van der Waals surface area contributed by atoms with Gasteiger partial charge in [0.25, 0.3) is 0 Å². The van der Waals surface area contributed by atoms with Gasteiger partial charge in [-0.2, -0.15) is 9.59 Å². The van der Waals surface area contributed by atoms with Gasteiger partial charge in [-0.1, -0.05) is 0 Å². The molecule has 0 N–H and O–H groups in total. The average Bonchev–Trinajstić information content (AvgIpc) is 0.918. The third-order valence-corrected chi connectivity index (χ3v) is 0. The second kappa shape index (κ2) is 10.1. The number of hydrogen-bond donors (Lipinski definition) is 0. The SMILES string of the molecule is O=C=O.[NaH]. The molecule has 0 aliphatic rings. The van der Waals surface area contributed by atoms with Gasteiger partial charge in [0.15, 0.2) is 0 Å². The summed E-state index contributed by atoms with van der Waals surface area (Å²) in [7, 11) is 0. The molecule has 0 aliphatic heterocycles. The van der Waals surface area contributed by atoms with E-state index >= 15 is 0 Å². The van der Waals surface area contributed by atoms with Gasteiger partial charge in [-0.3, -0.25) is 0 Å². The summed E-state index contributed by atoms with van der Waals surface area (Å²) in [5, 5.41) is 0. The fourth-order valence-corrected chi connectivity index (χ4v) is 0. The van der Waals surface area contributed by atoms with E-state index in [0.717, 1.165) is 0 Å². The standard InChI is InChI=1S/CO2.Na.H/c2-1-3;;. The second-order valence-electron chi connectivity index (χ2n) is 0.0833. The van der Waals surface area contributed by atoms with Crippen LogP contribution in [0.5, 0.6) is 0 Å². The molecule has 0 aliphatic carbocycles. The van der Waals surface area contributed by atoms with Crippen molar-refractivity contribution in [3.8, 4) is 0 Å². The van der Waals surface area contributed by atoms with E-state index in [0.29, 0.717) is 0 Å². The zero-order chi connectivity index (χ0) is 2.71. The van der Waals surface area contributed by atoms with E-state index in [1.165, 1.54) is 0 Å². The van der Waals surface area contributed by atoms with E-state index in [4.69, 9.17) is 9.59 Å². The topological polar surface area (TPSA) is 34.1 Å². The maximum absolute atomic E-state index is 8.12. The molecule has 0 aromatic heterocycles. The van der Waals surface area contributed by atoms with E-state index in [2.05, 4.69) is 0 Å². The van der Waals surface area contributed by atoms with Gasteiger partial charge in [0.05, 0.1) is 0 Å². The van der Waals surface area contributed by atoms with Crippen LogP contribution in [0.4, 0.5) is 0 Å². The Morgan fingerprint density at radius 1 is 1.25 bits per heavy atom. The molecule has 0 fully saturated rings. The molecule has 0 unspecified atom stereocenters. The Labute approximate surface area is 45.5 Å². The van der Waals surface area contributed by atoms with Crippen molar-refractivity contribution < 1.29 is 9.59 Å². The molecule has 0 bridgehead atoms. The molecule has 0 atom stereocenters. The molecule has 0 amide bonds.